The van der Waals surface area contributed by atoms with Crippen molar-refractivity contribution in [3.8, 4) is 0 Å². The Balaban J connectivity index is 1.85. The van der Waals surface area contributed by atoms with Crippen LogP contribution in [0.5, 0.6) is 0 Å². The summed E-state index contributed by atoms with van der Waals surface area (Å²) in [5.74, 6) is -1.12. The molecule has 0 radical (unpaired) electrons. The smallest absolute Gasteiger partial charge is 0.249 e. The predicted molar refractivity (Wildman–Crippen MR) is 76.5 cm³/mol. The van der Waals surface area contributed by atoms with Gasteiger partial charge in [0.05, 0.1) is 12.1 Å². The molecule has 1 unspecified atom stereocenters. The molecule has 1 aliphatic rings. The fourth-order valence-electron chi connectivity index (χ4n) is 1.69. The van der Waals surface area contributed by atoms with Crippen LogP contribution in [-0.4, -0.2) is 23.7 Å². The molecular formula is C13H13ClN4O2. The number of nitrogens with zero attached hydrogens (tertiary/aromatic N) is 2. The molecule has 0 bridgehead atoms. The van der Waals surface area contributed by atoms with Crippen molar-refractivity contribution in [2.75, 3.05) is 0 Å². The molecule has 0 aromatic heterocycles. The summed E-state index contributed by atoms with van der Waals surface area (Å²) in [7, 11) is 0. The first-order valence-electron chi connectivity index (χ1n) is 5.98. The maximum atomic E-state index is 11.7. The van der Waals surface area contributed by atoms with Crippen LogP contribution in [0.2, 0.25) is 5.02 Å². The average Bonchev–Trinajstić information content (AvgIpc) is 2.73. The van der Waals surface area contributed by atoms with Gasteiger partial charge in [0, 0.05) is 17.2 Å². The molecule has 0 spiro atoms. The number of amides is 2. The number of hydrogen-bond donors (Lipinski definition) is 2. The lowest BCUT2D eigenvalue weighted by atomic mass is 10.0. The molecule has 1 atom stereocenters. The second-order valence-corrected chi connectivity index (χ2v) is 4.77. The molecular weight excluding hydrogens is 280 g/mol. The van der Waals surface area contributed by atoms with Crippen molar-refractivity contribution in [3.05, 3.63) is 34.9 Å². The van der Waals surface area contributed by atoms with Crippen LogP contribution >= 0.6 is 11.6 Å². The number of carbonyl (C=O) groups is 2. The van der Waals surface area contributed by atoms with Gasteiger partial charge in [-0.3, -0.25) is 9.59 Å². The van der Waals surface area contributed by atoms with Gasteiger partial charge in [-0.25, -0.2) is 10.9 Å². The van der Waals surface area contributed by atoms with Crippen LogP contribution in [0.15, 0.2) is 34.5 Å². The SMILES string of the molecule is CC1=NNC(=O)C1CC(=O)NN=Cc1ccc(Cl)cc1. The van der Waals surface area contributed by atoms with Crippen LogP contribution in [0.4, 0.5) is 0 Å². The van der Waals surface area contributed by atoms with E-state index in [2.05, 4.69) is 21.1 Å². The highest BCUT2D eigenvalue weighted by Crippen LogP contribution is 2.11. The van der Waals surface area contributed by atoms with Gasteiger partial charge in [0.25, 0.3) is 0 Å². The van der Waals surface area contributed by atoms with E-state index >= 15 is 0 Å². The second-order valence-electron chi connectivity index (χ2n) is 4.33. The van der Waals surface area contributed by atoms with Crippen LogP contribution in [0.3, 0.4) is 0 Å². The van der Waals surface area contributed by atoms with Gasteiger partial charge in [0.15, 0.2) is 0 Å². The van der Waals surface area contributed by atoms with Gasteiger partial charge in [-0.2, -0.15) is 10.2 Å². The molecule has 1 aromatic carbocycles. The molecule has 7 heteroatoms. The van der Waals surface area contributed by atoms with E-state index in [0.717, 1.165) is 5.56 Å². The number of halogens is 1. The number of hydrazone groups is 2. The van der Waals surface area contributed by atoms with Crippen molar-refractivity contribution in [2.24, 2.45) is 16.1 Å². The van der Waals surface area contributed by atoms with E-state index in [1.165, 1.54) is 6.21 Å². The van der Waals surface area contributed by atoms with Crippen molar-refractivity contribution in [1.29, 1.82) is 0 Å². The molecule has 1 aliphatic heterocycles. The highest BCUT2D eigenvalue weighted by atomic mass is 35.5. The van der Waals surface area contributed by atoms with Crippen molar-refractivity contribution in [1.82, 2.24) is 10.9 Å². The van der Waals surface area contributed by atoms with Gasteiger partial charge in [-0.15, -0.1) is 0 Å². The lowest BCUT2D eigenvalue weighted by Gasteiger charge is -2.05. The molecule has 20 heavy (non-hydrogen) atoms. The first-order valence-corrected chi connectivity index (χ1v) is 6.35. The molecule has 0 aliphatic carbocycles. The lowest BCUT2D eigenvalue weighted by molar-refractivity contribution is -0.127. The molecule has 1 heterocycles. The molecule has 1 aromatic rings. The van der Waals surface area contributed by atoms with Gasteiger partial charge < -0.3 is 0 Å². The van der Waals surface area contributed by atoms with E-state index in [-0.39, 0.29) is 18.2 Å². The van der Waals surface area contributed by atoms with Crippen LogP contribution in [0, 0.1) is 5.92 Å². The van der Waals surface area contributed by atoms with Crippen molar-refractivity contribution >= 4 is 35.3 Å². The monoisotopic (exact) mass is 292 g/mol. The number of nitrogens with one attached hydrogen (secondary N) is 2. The van der Waals surface area contributed by atoms with E-state index in [9.17, 15) is 9.59 Å². The quantitative estimate of drug-likeness (QED) is 0.648. The zero-order valence-corrected chi connectivity index (χ0v) is 11.5. The normalized spacial score (nSPS) is 18.0. The minimum atomic E-state index is -0.513. The summed E-state index contributed by atoms with van der Waals surface area (Å²) >= 11 is 5.76. The number of hydrogen-bond acceptors (Lipinski definition) is 4. The van der Waals surface area contributed by atoms with Crippen LogP contribution < -0.4 is 10.9 Å². The highest BCUT2D eigenvalue weighted by molar-refractivity contribution is 6.30. The first kappa shape index (κ1) is 14.2. The maximum absolute atomic E-state index is 11.7. The molecule has 104 valence electrons. The molecule has 2 amide bonds. The number of benzene rings is 1. The zero-order chi connectivity index (χ0) is 14.5. The minimum absolute atomic E-state index is 0.0269. The second kappa shape index (κ2) is 6.29. The Labute approximate surface area is 120 Å². The molecule has 2 rings (SSSR count). The molecule has 2 N–H and O–H groups in total. The standard InChI is InChI=1S/C13H13ClN4O2/c1-8-11(13(20)18-16-8)6-12(19)17-15-7-9-2-4-10(14)5-3-9/h2-5,7,11H,6H2,1H3,(H,17,19)(H,18,20). The highest BCUT2D eigenvalue weighted by Gasteiger charge is 2.28. The summed E-state index contributed by atoms with van der Waals surface area (Å²) < 4.78 is 0. The van der Waals surface area contributed by atoms with Gasteiger partial charge in [-0.05, 0) is 24.6 Å². The third-order valence-corrected chi connectivity index (χ3v) is 3.08. The van der Waals surface area contributed by atoms with Gasteiger partial charge in [0.2, 0.25) is 11.8 Å². The Morgan fingerprint density at radius 3 is 2.80 bits per heavy atom. The molecule has 6 nitrogen and oxygen atoms in total. The first-order chi connectivity index (χ1) is 9.56. The van der Waals surface area contributed by atoms with Crippen molar-refractivity contribution < 1.29 is 9.59 Å². The predicted octanol–water partition coefficient (Wildman–Crippen LogP) is 1.30. The van der Waals surface area contributed by atoms with Gasteiger partial charge in [-0.1, -0.05) is 23.7 Å². The molecule has 0 saturated carbocycles. The summed E-state index contributed by atoms with van der Waals surface area (Å²) in [6.45, 7) is 1.70. The van der Waals surface area contributed by atoms with Crippen LogP contribution in [-0.2, 0) is 9.59 Å². The van der Waals surface area contributed by atoms with Crippen molar-refractivity contribution in [3.63, 3.8) is 0 Å². The lowest BCUT2D eigenvalue weighted by Crippen LogP contribution is -2.29. The third kappa shape index (κ3) is 3.64. The summed E-state index contributed by atoms with van der Waals surface area (Å²) in [5, 5.41) is 8.23. The maximum Gasteiger partial charge on any atom is 0.249 e. The van der Waals surface area contributed by atoms with E-state index in [0.29, 0.717) is 10.7 Å². The van der Waals surface area contributed by atoms with Gasteiger partial charge >= 0.3 is 0 Å². The summed E-state index contributed by atoms with van der Waals surface area (Å²) in [6, 6.07) is 7.01. The van der Waals surface area contributed by atoms with E-state index in [1.807, 2.05) is 0 Å². The van der Waals surface area contributed by atoms with E-state index < -0.39 is 5.92 Å². The Kier molecular flexibility index (Phi) is 4.47. The average molecular weight is 293 g/mol. The van der Waals surface area contributed by atoms with E-state index in [1.54, 1.807) is 31.2 Å². The summed E-state index contributed by atoms with van der Waals surface area (Å²) in [5.41, 5.74) is 6.12. The number of rotatable bonds is 4. The Morgan fingerprint density at radius 1 is 1.50 bits per heavy atom. The topological polar surface area (TPSA) is 82.9 Å². The fourth-order valence-corrected chi connectivity index (χ4v) is 1.81. The zero-order valence-electron chi connectivity index (χ0n) is 10.8. The largest absolute Gasteiger partial charge is 0.273 e. The fraction of sp³-hybridized carbons (Fsp3) is 0.231. The minimum Gasteiger partial charge on any atom is -0.273 e. The third-order valence-electron chi connectivity index (χ3n) is 2.83. The Hall–Kier alpha value is -2.21. The Bertz CT molecular complexity index is 581. The van der Waals surface area contributed by atoms with E-state index in [4.69, 9.17) is 11.6 Å². The summed E-state index contributed by atoms with van der Waals surface area (Å²) in [6.07, 6.45) is 1.53. The molecule has 0 fully saturated rings. The number of carbonyl (C=O) groups excluding carboxylic acids is 2. The summed E-state index contributed by atoms with van der Waals surface area (Å²) in [4.78, 5) is 23.0. The van der Waals surface area contributed by atoms with Gasteiger partial charge in [0.1, 0.15) is 0 Å². The van der Waals surface area contributed by atoms with Crippen LogP contribution in [0.25, 0.3) is 0 Å². The van der Waals surface area contributed by atoms with Crippen LogP contribution in [0.1, 0.15) is 18.9 Å². The molecule has 0 saturated heterocycles. The van der Waals surface area contributed by atoms with Crippen molar-refractivity contribution in [2.45, 2.75) is 13.3 Å². The Morgan fingerprint density at radius 2 is 2.20 bits per heavy atom.